The molecule has 1 N–H and O–H groups in total. The smallest absolute Gasteiger partial charge is 0.269 e. The number of amides is 1. The Morgan fingerprint density at radius 1 is 1.41 bits per heavy atom. The van der Waals surface area contributed by atoms with Gasteiger partial charge in [-0.15, -0.1) is 29.3 Å². The molecule has 1 saturated carbocycles. The van der Waals surface area contributed by atoms with E-state index in [9.17, 15) is 14.9 Å². The van der Waals surface area contributed by atoms with Crippen molar-refractivity contribution in [2.45, 2.75) is 44.7 Å². The maximum absolute atomic E-state index is 12.8. The Kier molecular flexibility index (Phi) is 6.43. The molecule has 5 nitrogen and oxygen atoms in total. The summed E-state index contributed by atoms with van der Waals surface area (Å²) >= 11 is 2.71. The molecule has 0 aromatic carbocycles. The second-order valence-electron chi connectivity index (χ2n) is 6.43. The van der Waals surface area contributed by atoms with Gasteiger partial charge in [-0.05, 0) is 30.4 Å². The number of aromatic nitrogens is 1. The SMILES string of the molecule is C=CCn1c(=O)/c(=C\c2cccs2)s/c1=C(/C#N)C(=O)NC1CCCCC1. The van der Waals surface area contributed by atoms with E-state index in [0.29, 0.717) is 9.20 Å². The van der Waals surface area contributed by atoms with E-state index in [4.69, 9.17) is 0 Å². The second-order valence-corrected chi connectivity index (χ2v) is 8.44. The van der Waals surface area contributed by atoms with Crippen molar-refractivity contribution in [2.24, 2.45) is 0 Å². The topological polar surface area (TPSA) is 74.9 Å². The molecule has 2 aromatic heterocycles. The Morgan fingerprint density at radius 3 is 2.81 bits per heavy atom. The van der Waals surface area contributed by atoms with E-state index in [-0.39, 0.29) is 23.7 Å². The van der Waals surface area contributed by atoms with Crippen molar-refractivity contribution in [3.8, 4) is 6.07 Å². The highest BCUT2D eigenvalue weighted by molar-refractivity contribution is 7.11. The number of allylic oxidation sites excluding steroid dienone is 1. The first kappa shape index (κ1) is 19.3. The number of hydrogen-bond donors (Lipinski definition) is 1. The quantitative estimate of drug-likeness (QED) is 0.783. The van der Waals surface area contributed by atoms with Crippen LogP contribution in [0, 0.1) is 11.3 Å². The molecule has 1 aliphatic rings. The van der Waals surface area contributed by atoms with E-state index in [0.717, 1.165) is 30.6 Å². The molecule has 1 fully saturated rings. The van der Waals surface area contributed by atoms with Gasteiger partial charge >= 0.3 is 0 Å². The molecular weight excluding hydrogens is 378 g/mol. The third kappa shape index (κ3) is 4.46. The predicted molar refractivity (Wildman–Crippen MR) is 110 cm³/mol. The highest BCUT2D eigenvalue weighted by Gasteiger charge is 2.20. The normalized spacial score (nSPS) is 16.6. The van der Waals surface area contributed by atoms with Crippen molar-refractivity contribution in [2.75, 3.05) is 0 Å². The summed E-state index contributed by atoms with van der Waals surface area (Å²) in [5, 5.41) is 14.5. The molecule has 2 aromatic rings. The fourth-order valence-electron chi connectivity index (χ4n) is 3.20. The van der Waals surface area contributed by atoms with Gasteiger partial charge in [0.15, 0.2) is 5.57 Å². The van der Waals surface area contributed by atoms with Crippen molar-refractivity contribution >= 4 is 40.2 Å². The van der Waals surface area contributed by atoms with Gasteiger partial charge in [0.05, 0.1) is 4.53 Å². The van der Waals surface area contributed by atoms with E-state index in [1.807, 2.05) is 23.6 Å². The van der Waals surface area contributed by atoms with E-state index in [1.54, 1.807) is 12.2 Å². The van der Waals surface area contributed by atoms with Crippen molar-refractivity contribution in [1.82, 2.24) is 9.88 Å². The van der Waals surface area contributed by atoms with Gasteiger partial charge in [-0.25, -0.2) is 0 Å². The van der Waals surface area contributed by atoms with Crippen molar-refractivity contribution in [3.63, 3.8) is 0 Å². The number of nitriles is 1. The maximum atomic E-state index is 12.8. The summed E-state index contributed by atoms with van der Waals surface area (Å²) < 4.78 is 2.35. The third-order valence-electron chi connectivity index (χ3n) is 4.53. The zero-order chi connectivity index (χ0) is 19.2. The lowest BCUT2D eigenvalue weighted by molar-refractivity contribution is -0.116. The van der Waals surface area contributed by atoms with Crippen LogP contribution in [-0.4, -0.2) is 16.5 Å². The van der Waals surface area contributed by atoms with Gasteiger partial charge in [-0.2, -0.15) is 5.26 Å². The number of carbonyl (C=O) groups excluding carboxylic acids is 1. The summed E-state index contributed by atoms with van der Waals surface area (Å²) in [5.41, 5.74) is -0.211. The van der Waals surface area contributed by atoms with E-state index < -0.39 is 5.91 Å². The Labute approximate surface area is 165 Å². The van der Waals surface area contributed by atoms with Gasteiger partial charge in [0.2, 0.25) is 0 Å². The molecule has 0 unspecified atom stereocenters. The number of rotatable bonds is 5. The van der Waals surface area contributed by atoms with Gasteiger partial charge in [0.25, 0.3) is 11.5 Å². The van der Waals surface area contributed by atoms with Gasteiger partial charge in [0, 0.05) is 17.5 Å². The standard InChI is InChI=1S/C20H21N3O2S2/c1-2-10-23-19(25)17(12-15-9-6-11-26-15)27-20(23)16(13-21)18(24)22-14-7-4-3-5-8-14/h2,6,9,11-12,14H,1,3-5,7-8,10H2,(H,22,24)/b17-12+,20-16-. The minimum atomic E-state index is -0.397. The van der Waals surface area contributed by atoms with E-state index in [2.05, 4.69) is 11.9 Å². The summed E-state index contributed by atoms with van der Waals surface area (Å²) in [6.07, 6.45) is 8.64. The van der Waals surface area contributed by atoms with Crippen LogP contribution in [0.3, 0.4) is 0 Å². The van der Waals surface area contributed by atoms with Crippen molar-refractivity contribution < 1.29 is 4.79 Å². The van der Waals surface area contributed by atoms with Crippen LogP contribution < -0.4 is 20.1 Å². The molecule has 0 saturated heterocycles. The van der Waals surface area contributed by atoms with Crippen molar-refractivity contribution in [3.05, 3.63) is 54.6 Å². The van der Waals surface area contributed by atoms with Crippen LogP contribution in [0.1, 0.15) is 37.0 Å². The Hall–Kier alpha value is -2.43. The molecule has 0 bridgehead atoms. The molecule has 1 aliphatic carbocycles. The van der Waals surface area contributed by atoms with Gasteiger partial charge in [0.1, 0.15) is 10.7 Å². The van der Waals surface area contributed by atoms with Gasteiger partial charge < -0.3 is 5.32 Å². The molecule has 0 atom stereocenters. The number of thiophene rings is 1. The highest BCUT2D eigenvalue weighted by Crippen LogP contribution is 2.17. The summed E-state index contributed by atoms with van der Waals surface area (Å²) in [4.78, 5) is 26.5. The highest BCUT2D eigenvalue weighted by atomic mass is 32.1. The average molecular weight is 400 g/mol. The van der Waals surface area contributed by atoms with E-state index >= 15 is 0 Å². The summed E-state index contributed by atoms with van der Waals surface area (Å²) in [6.45, 7) is 3.95. The molecule has 0 aliphatic heterocycles. The number of thiazole rings is 1. The van der Waals surface area contributed by atoms with Crippen LogP contribution >= 0.6 is 22.7 Å². The first-order chi connectivity index (χ1) is 13.1. The zero-order valence-electron chi connectivity index (χ0n) is 14.9. The average Bonchev–Trinajstić information content (AvgIpc) is 3.28. The minimum Gasteiger partial charge on any atom is -0.349 e. The van der Waals surface area contributed by atoms with Gasteiger partial charge in [-0.3, -0.25) is 14.2 Å². The largest absolute Gasteiger partial charge is 0.349 e. The first-order valence-electron chi connectivity index (χ1n) is 8.95. The van der Waals surface area contributed by atoms with Crippen LogP contribution in [0.15, 0.2) is 35.0 Å². The maximum Gasteiger partial charge on any atom is 0.269 e. The summed E-state index contributed by atoms with van der Waals surface area (Å²) in [6, 6.07) is 5.96. The molecule has 27 heavy (non-hydrogen) atoms. The lowest BCUT2D eigenvalue weighted by atomic mass is 9.95. The number of carbonyl (C=O) groups is 1. The lowest BCUT2D eigenvalue weighted by Crippen LogP contribution is -2.39. The summed E-state index contributed by atoms with van der Waals surface area (Å²) in [5.74, 6) is -0.397. The minimum absolute atomic E-state index is 0.00430. The van der Waals surface area contributed by atoms with Crippen LogP contribution in [0.2, 0.25) is 0 Å². The third-order valence-corrected chi connectivity index (χ3v) is 6.48. The Bertz CT molecular complexity index is 1030. The molecule has 7 heteroatoms. The molecule has 3 rings (SSSR count). The predicted octanol–water partition coefficient (Wildman–Crippen LogP) is 2.11. The first-order valence-corrected chi connectivity index (χ1v) is 10.6. The summed E-state index contributed by atoms with van der Waals surface area (Å²) in [7, 11) is 0. The van der Waals surface area contributed by atoms with E-state index in [1.165, 1.54) is 33.7 Å². The number of hydrogen-bond acceptors (Lipinski definition) is 5. The molecule has 140 valence electrons. The fraction of sp³-hybridized carbons (Fsp3) is 0.350. The number of nitrogens with one attached hydrogen (secondary N) is 1. The van der Waals surface area contributed by atoms with Crippen LogP contribution in [0.4, 0.5) is 0 Å². The fourth-order valence-corrected chi connectivity index (χ4v) is 5.03. The van der Waals surface area contributed by atoms with Crippen molar-refractivity contribution in [1.29, 1.82) is 5.26 Å². The number of nitrogens with zero attached hydrogens (tertiary/aromatic N) is 2. The second kappa shape index (κ2) is 8.98. The molecule has 0 spiro atoms. The molecule has 1 amide bonds. The zero-order valence-corrected chi connectivity index (χ0v) is 16.6. The van der Waals surface area contributed by atoms with Crippen LogP contribution in [0.25, 0.3) is 11.6 Å². The molecular formula is C20H21N3O2S2. The Balaban J connectivity index is 2.08. The van der Waals surface area contributed by atoms with Crippen LogP contribution in [-0.2, 0) is 11.3 Å². The Morgan fingerprint density at radius 2 is 2.19 bits per heavy atom. The van der Waals surface area contributed by atoms with Crippen LogP contribution in [0.5, 0.6) is 0 Å². The van der Waals surface area contributed by atoms with Gasteiger partial charge in [-0.1, -0.05) is 31.4 Å². The molecule has 0 radical (unpaired) electrons. The molecule has 2 heterocycles. The lowest BCUT2D eigenvalue weighted by Gasteiger charge is -2.22. The monoisotopic (exact) mass is 399 g/mol.